The molecule has 5 nitrogen and oxygen atoms in total. The highest BCUT2D eigenvalue weighted by Gasteiger charge is 2.07. The number of benzene rings is 1. The molecule has 0 fully saturated rings. The lowest BCUT2D eigenvalue weighted by atomic mass is 10.2. The number of carbonyl (C=O) groups excluding carboxylic acids is 2. The van der Waals surface area contributed by atoms with Crippen LogP contribution in [-0.2, 0) is 14.3 Å². The molecule has 5 heteroatoms. The van der Waals surface area contributed by atoms with Crippen LogP contribution in [0.1, 0.15) is 20.8 Å². The Morgan fingerprint density at radius 2 is 1.86 bits per heavy atom. The van der Waals surface area contributed by atoms with E-state index in [9.17, 15) is 9.59 Å². The Morgan fingerprint density at radius 1 is 1.24 bits per heavy atom. The largest absolute Gasteiger partial charge is 0.460 e. The first-order valence-corrected chi connectivity index (χ1v) is 6.89. The molecule has 0 aliphatic heterocycles. The van der Waals surface area contributed by atoms with E-state index in [1.54, 1.807) is 6.92 Å². The highest BCUT2D eigenvalue weighted by Crippen LogP contribution is 2.17. The van der Waals surface area contributed by atoms with Gasteiger partial charge in [-0.25, -0.2) is 4.79 Å². The quantitative estimate of drug-likeness (QED) is 0.619. The fraction of sp³-hybridized carbons (Fsp3) is 0.375. The van der Waals surface area contributed by atoms with Crippen LogP contribution in [0.15, 0.2) is 36.4 Å². The minimum Gasteiger partial charge on any atom is -0.460 e. The molecule has 0 spiro atoms. The third-order valence-electron chi connectivity index (χ3n) is 2.88. The summed E-state index contributed by atoms with van der Waals surface area (Å²) in [4.78, 5) is 24.4. The van der Waals surface area contributed by atoms with Crippen LogP contribution in [0.2, 0.25) is 0 Å². The molecule has 1 rings (SSSR count). The molecule has 0 heterocycles. The Kier molecular flexibility index (Phi) is 6.46. The van der Waals surface area contributed by atoms with Crippen molar-refractivity contribution in [2.75, 3.05) is 29.9 Å². The topological polar surface area (TPSA) is 58.6 Å². The van der Waals surface area contributed by atoms with Crippen LogP contribution >= 0.6 is 0 Å². The number of esters is 1. The van der Waals surface area contributed by atoms with Crippen molar-refractivity contribution < 1.29 is 14.3 Å². The zero-order chi connectivity index (χ0) is 15.8. The molecular formula is C16H22N2O3. The van der Waals surface area contributed by atoms with Gasteiger partial charge in [-0.2, -0.15) is 0 Å². The third-order valence-corrected chi connectivity index (χ3v) is 2.88. The number of likely N-dealkylation sites (N-methyl/N-ethyl adjacent to an activating group) is 1. The fourth-order valence-electron chi connectivity index (χ4n) is 1.80. The first-order chi connectivity index (χ1) is 9.93. The van der Waals surface area contributed by atoms with Gasteiger partial charge in [-0.05, 0) is 38.1 Å². The standard InChI is InChI=1S/C16H22N2O3/c1-5-18(10-11-21-16(20)12(2)3)15-8-6-14(7-9-15)17-13(4)19/h6-9H,2,5,10-11H2,1,3-4H3,(H,17,19). The maximum atomic E-state index is 11.3. The molecule has 1 aromatic carbocycles. The lowest BCUT2D eigenvalue weighted by molar-refractivity contribution is -0.138. The van der Waals surface area contributed by atoms with Crippen molar-refractivity contribution >= 4 is 23.3 Å². The van der Waals surface area contributed by atoms with E-state index >= 15 is 0 Å². The molecule has 0 aliphatic carbocycles. The number of nitrogens with one attached hydrogen (secondary N) is 1. The normalized spacial score (nSPS) is 9.86. The molecule has 0 atom stereocenters. The highest BCUT2D eigenvalue weighted by molar-refractivity contribution is 5.88. The van der Waals surface area contributed by atoms with Gasteiger partial charge in [0.25, 0.3) is 0 Å². The average Bonchev–Trinajstić information content (AvgIpc) is 2.43. The van der Waals surface area contributed by atoms with Gasteiger partial charge in [0, 0.05) is 30.4 Å². The molecule has 0 unspecified atom stereocenters. The Hall–Kier alpha value is -2.30. The van der Waals surface area contributed by atoms with Crippen LogP contribution in [0.4, 0.5) is 11.4 Å². The second kappa shape index (κ2) is 8.09. The summed E-state index contributed by atoms with van der Waals surface area (Å²) in [6.07, 6.45) is 0. The van der Waals surface area contributed by atoms with Crippen LogP contribution in [-0.4, -0.2) is 31.6 Å². The number of nitrogens with zero attached hydrogens (tertiary/aromatic N) is 1. The van der Waals surface area contributed by atoms with Crippen LogP contribution in [0, 0.1) is 0 Å². The van der Waals surface area contributed by atoms with Crippen molar-refractivity contribution in [3.63, 3.8) is 0 Å². The van der Waals surface area contributed by atoms with E-state index in [0.717, 1.165) is 17.9 Å². The summed E-state index contributed by atoms with van der Waals surface area (Å²) in [6, 6.07) is 7.54. The van der Waals surface area contributed by atoms with Crippen molar-refractivity contribution in [2.24, 2.45) is 0 Å². The number of anilines is 2. The van der Waals surface area contributed by atoms with E-state index in [-0.39, 0.29) is 11.9 Å². The smallest absolute Gasteiger partial charge is 0.333 e. The van der Waals surface area contributed by atoms with Gasteiger partial charge in [0.1, 0.15) is 6.61 Å². The van der Waals surface area contributed by atoms with Crippen molar-refractivity contribution in [3.8, 4) is 0 Å². The van der Waals surface area contributed by atoms with Gasteiger partial charge in [-0.1, -0.05) is 6.58 Å². The van der Waals surface area contributed by atoms with E-state index in [2.05, 4.69) is 16.8 Å². The minimum absolute atomic E-state index is 0.0956. The van der Waals surface area contributed by atoms with Crippen molar-refractivity contribution in [2.45, 2.75) is 20.8 Å². The number of carbonyl (C=O) groups is 2. The molecule has 0 radical (unpaired) electrons. The Morgan fingerprint density at radius 3 is 2.33 bits per heavy atom. The predicted molar refractivity (Wildman–Crippen MR) is 84.4 cm³/mol. The SMILES string of the molecule is C=C(C)C(=O)OCCN(CC)c1ccc(NC(C)=O)cc1. The zero-order valence-corrected chi connectivity index (χ0v) is 12.8. The first kappa shape index (κ1) is 16.8. The van der Waals surface area contributed by atoms with E-state index in [1.165, 1.54) is 6.92 Å². The van der Waals surface area contributed by atoms with Gasteiger partial charge in [-0.15, -0.1) is 0 Å². The van der Waals surface area contributed by atoms with Gasteiger partial charge in [-0.3, -0.25) is 4.79 Å². The lowest BCUT2D eigenvalue weighted by Gasteiger charge is -2.23. The Bertz CT molecular complexity index is 509. The molecule has 0 saturated carbocycles. The molecule has 1 amide bonds. The summed E-state index contributed by atoms with van der Waals surface area (Å²) in [6.45, 7) is 10.4. The number of hydrogen-bond donors (Lipinski definition) is 1. The van der Waals surface area contributed by atoms with Crippen LogP contribution in [0.25, 0.3) is 0 Å². The van der Waals surface area contributed by atoms with Gasteiger partial charge < -0.3 is 15.0 Å². The first-order valence-electron chi connectivity index (χ1n) is 6.89. The molecule has 1 aromatic rings. The summed E-state index contributed by atoms with van der Waals surface area (Å²) in [7, 11) is 0. The van der Waals surface area contributed by atoms with E-state index in [1.807, 2.05) is 31.2 Å². The number of hydrogen-bond acceptors (Lipinski definition) is 4. The number of amides is 1. The van der Waals surface area contributed by atoms with Gasteiger partial charge >= 0.3 is 5.97 Å². The van der Waals surface area contributed by atoms with Gasteiger partial charge in [0.2, 0.25) is 5.91 Å². The summed E-state index contributed by atoms with van der Waals surface area (Å²) in [5.41, 5.74) is 2.17. The second-order valence-corrected chi connectivity index (χ2v) is 4.72. The summed E-state index contributed by atoms with van der Waals surface area (Å²) in [5.74, 6) is -0.464. The molecular weight excluding hydrogens is 268 g/mol. The number of ether oxygens (including phenoxy) is 1. The predicted octanol–water partition coefficient (Wildman–Crippen LogP) is 2.59. The third kappa shape index (κ3) is 5.69. The van der Waals surface area contributed by atoms with Crippen LogP contribution < -0.4 is 10.2 Å². The van der Waals surface area contributed by atoms with Crippen molar-refractivity contribution in [1.29, 1.82) is 0 Å². The molecule has 0 aliphatic rings. The number of rotatable bonds is 7. The van der Waals surface area contributed by atoms with Gasteiger partial charge in [0.15, 0.2) is 0 Å². The summed E-state index contributed by atoms with van der Waals surface area (Å²) >= 11 is 0. The van der Waals surface area contributed by atoms with Crippen LogP contribution in [0.3, 0.4) is 0 Å². The van der Waals surface area contributed by atoms with E-state index in [4.69, 9.17) is 4.74 Å². The zero-order valence-electron chi connectivity index (χ0n) is 12.8. The van der Waals surface area contributed by atoms with E-state index in [0.29, 0.717) is 18.7 Å². The highest BCUT2D eigenvalue weighted by atomic mass is 16.5. The Labute approximate surface area is 125 Å². The molecule has 1 N–H and O–H groups in total. The van der Waals surface area contributed by atoms with Crippen molar-refractivity contribution in [1.82, 2.24) is 0 Å². The summed E-state index contributed by atoms with van der Waals surface area (Å²) < 4.78 is 5.10. The minimum atomic E-state index is -0.368. The molecule has 0 bridgehead atoms. The summed E-state index contributed by atoms with van der Waals surface area (Å²) in [5, 5.41) is 2.72. The van der Waals surface area contributed by atoms with Crippen molar-refractivity contribution in [3.05, 3.63) is 36.4 Å². The molecule has 114 valence electrons. The van der Waals surface area contributed by atoms with Gasteiger partial charge in [0.05, 0.1) is 6.54 Å². The van der Waals surface area contributed by atoms with E-state index < -0.39 is 0 Å². The monoisotopic (exact) mass is 290 g/mol. The molecule has 0 saturated heterocycles. The second-order valence-electron chi connectivity index (χ2n) is 4.72. The molecule has 0 aromatic heterocycles. The molecule has 21 heavy (non-hydrogen) atoms. The fourth-order valence-corrected chi connectivity index (χ4v) is 1.80. The maximum absolute atomic E-state index is 11.3. The average molecular weight is 290 g/mol. The van der Waals surface area contributed by atoms with Crippen LogP contribution in [0.5, 0.6) is 0 Å². The maximum Gasteiger partial charge on any atom is 0.333 e. The lowest BCUT2D eigenvalue weighted by Crippen LogP contribution is -2.28. The Balaban J connectivity index is 2.57.